The third-order valence-electron chi connectivity index (χ3n) is 5.42. The average Bonchev–Trinajstić information content (AvgIpc) is 3.32. The molecule has 1 atom stereocenters. The number of nitrogens with zero attached hydrogens (tertiary/aromatic N) is 4. The number of rotatable bonds is 7. The zero-order valence-corrected chi connectivity index (χ0v) is 17.5. The van der Waals surface area contributed by atoms with Crippen LogP contribution in [0.2, 0.25) is 0 Å². The van der Waals surface area contributed by atoms with Crippen molar-refractivity contribution in [3.63, 3.8) is 0 Å². The van der Waals surface area contributed by atoms with E-state index in [-0.39, 0.29) is 5.54 Å². The molecular weight excluding hydrogens is 340 g/mol. The smallest absolute Gasteiger partial charge is 0.247 e. The highest BCUT2D eigenvalue weighted by Gasteiger charge is 2.39. The van der Waals surface area contributed by atoms with Crippen molar-refractivity contribution in [1.82, 2.24) is 14.9 Å². The summed E-state index contributed by atoms with van der Waals surface area (Å²) >= 11 is 0. The zero-order valence-electron chi connectivity index (χ0n) is 17.5. The quantitative estimate of drug-likeness (QED) is 0.583. The highest BCUT2D eigenvalue weighted by molar-refractivity contribution is 5.17. The van der Waals surface area contributed by atoms with Crippen molar-refractivity contribution in [2.24, 2.45) is 7.05 Å². The summed E-state index contributed by atoms with van der Waals surface area (Å²) in [5.41, 5.74) is 3.04. The van der Waals surface area contributed by atoms with Crippen molar-refractivity contribution in [2.75, 3.05) is 0 Å². The Bertz CT molecular complexity index is 901. The number of aromatic nitrogens is 4. The molecule has 146 valence electrons. The van der Waals surface area contributed by atoms with Crippen molar-refractivity contribution in [1.29, 1.82) is 0 Å². The van der Waals surface area contributed by atoms with E-state index in [9.17, 15) is 0 Å². The molecule has 0 aromatic carbocycles. The maximum atomic E-state index is 6.11. The zero-order chi connectivity index (χ0) is 19.8. The molecule has 0 aliphatic carbocycles. The summed E-state index contributed by atoms with van der Waals surface area (Å²) < 4.78 is 15.4. The molecule has 0 aliphatic rings. The minimum Gasteiger partial charge on any atom is -0.361 e. The Morgan fingerprint density at radius 1 is 1.26 bits per heavy atom. The van der Waals surface area contributed by atoms with E-state index in [2.05, 4.69) is 57.1 Å². The lowest BCUT2D eigenvalue weighted by molar-refractivity contribution is -0.902. The van der Waals surface area contributed by atoms with Crippen LogP contribution in [0.25, 0.3) is 0 Å². The van der Waals surface area contributed by atoms with Crippen LogP contribution in [-0.4, -0.2) is 14.9 Å². The van der Waals surface area contributed by atoms with Crippen molar-refractivity contribution in [2.45, 2.75) is 71.8 Å². The Kier molecular flexibility index (Phi) is 5.27. The molecule has 3 aromatic rings. The third-order valence-corrected chi connectivity index (χ3v) is 5.42. The van der Waals surface area contributed by atoms with Crippen molar-refractivity contribution >= 4 is 0 Å². The summed E-state index contributed by atoms with van der Waals surface area (Å²) in [7, 11) is 1.96. The molecule has 3 rings (SSSR count). The minimum atomic E-state index is -0.314. The van der Waals surface area contributed by atoms with Crippen LogP contribution in [0.4, 0.5) is 0 Å². The maximum absolute atomic E-state index is 6.11. The highest BCUT2D eigenvalue weighted by Crippen LogP contribution is 2.27. The Balaban J connectivity index is 1.74. The Morgan fingerprint density at radius 3 is 2.59 bits per heavy atom. The van der Waals surface area contributed by atoms with Gasteiger partial charge in [-0.15, -0.1) is 0 Å². The number of aryl methyl sites for hydroxylation is 3. The SMILES string of the molecule is Cc1o[n+](C(C)(C)c2ccnn2C)cc1C(C)CCc1cc(C(C)C)no1. The number of hydrogen-bond acceptors (Lipinski definition) is 4. The largest absolute Gasteiger partial charge is 0.361 e. The van der Waals surface area contributed by atoms with Crippen LogP contribution in [0.3, 0.4) is 0 Å². The second kappa shape index (κ2) is 7.33. The van der Waals surface area contributed by atoms with E-state index in [0.29, 0.717) is 11.8 Å². The Hall–Kier alpha value is -2.37. The van der Waals surface area contributed by atoms with Gasteiger partial charge in [0.1, 0.15) is 11.5 Å². The first-order valence-corrected chi connectivity index (χ1v) is 9.67. The third kappa shape index (κ3) is 3.84. The van der Waals surface area contributed by atoms with Gasteiger partial charge in [0.15, 0.2) is 5.76 Å². The summed E-state index contributed by atoms with van der Waals surface area (Å²) in [6.45, 7) is 12.8. The second-order valence-electron chi connectivity index (χ2n) is 8.27. The van der Waals surface area contributed by atoms with Gasteiger partial charge in [-0.05, 0) is 29.1 Å². The summed E-state index contributed by atoms with van der Waals surface area (Å²) in [6.07, 6.45) is 5.81. The van der Waals surface area contributed by atoms with Crippen LogP contribution in [0, 0.1) is 6.92 Å². The van der Waals surface area contributed by atoms with Gasteiger partial charge in [-0.1, -0.05) is 25.9 Å². The monoisotopic (exact) mass is 371 g/mol. The van der Waals surface area contributed by atoms with Gasteiger partial charge in [0.25, 0.3) is 0 Å². The van der Waals surface area contributed by atoms with Gasteiger partial charge >= 0.3 is 0 Å². The molecule has 1 unspecified atom stereocenters. The lowest BCUT2D eigenvalue weighted by atomic mass is 9.96. The summed E-state index contributed by atoms with van der Waals surface area (Å²) in [5.74, 6) is 2.67. The van der Waals surface area contributed by atoms with Crippen LogP contribution >= 0.6 is 0 Å². The highest BCUT2D eigenvalue weighted by atomic mass is 16.5. The van der Waals surface area contributed by atoms with Crippen LogP contribution in [0.1, 0.15) is 81.3 Å². The van der Waals surface area contributed by atoms with E-state index in [0.717, 1.165) is 35.7 Å². The summed E-state index contributed by atoms with van der Waals surface area (Å²) in [6, 6.07) is 4.11. The lowest BCUT2D eigenvalue weighted by Crippen LogP contribution is -2.52. The van der Waals surface area contributed by atoms with Crippen molar-refractivity contribution in [3.05, 3.63) is 53.0 Å². The van der Waals surface area contributed by atoms with Crippen molar-refractivity contribution < 1.29 is 13.8 Å². The Labute approximate surface area is 161 Å². The molecule has 6 nitrogen and oxygen atoms in total. The molecule has 27 heavy (non-hydrogen) atoms. The minimum absolute atomic E-state index is 0.314. The van der Waals surface area contributed by atoms with Crippen LogP contribution in [0.15, 0.2) is 33.6 Å². The number of hydrogen-bond donors (Lipinski definition) is 0. The fraction of sp³-hybridized carbons (Fsp3) is 0.571. The first-order chi connectivity index (χ1) is 12.7. The molecule has 6 heteroatoms. The molecule has 0 fully saturated rings. The summed E-state index contributed by atoms with van der Waals surface area (Å²) in [5, 5.41) is 8.45. The fourth-order valence-electron chi connectivity index (χ4n) is 3.51. The molecule has 0 saturated heterocycles. The van der Waals surface area contributed by atoms with Gasteiger partial charge in [0.05, 0.1) is 11.3 Å². The first-order valence-electron chi connectivity index (χ1n) is 9.67. The predicted molar refractivity (Wildman–Crippen MR) is 103 cm³/mol. The van der Waals surface area contributed by atoms with Crippen molar-refractivity contribution in [3.8, 4) is 0 Å². The molecule has 0 aliphatic heterocycles. The second-order valence-corrected chi connectivity index (χ2v) is 8.27. The van der Waals surface area contributed by atoms with Gasteiger partial charge in [-0.25, -0.2) is 4.52 Å². The maximum Gasteiger partial charge on any atom is 0.247 e. The average molecular weight is 372 g/mol. The molecule has 3 aromatic heterocycles. The predicted octanol–water partition coefficient (Wildman–Crippen LogP) is 4.24. The molecular formula is C21H31N4O2+. The van der Waals surface area contributed by atoms with Gasteiger partial charge in [0.2, 0.25) is 11.7 Å². The normalized spacial score (nSPS) is 13.5. The van der Waals surface area contributed by atoms with Crippen LogP contribution in [-0.2, 0) is 19.0 Å². The summed E-state index contributed by atoms with van der Waals surface area (Å²) in [4.78, 5) is 0. The van der Waals surface area contributed by atoms with E-state index in [1.807, 2.05) is 35.7 Å². The molecule has 0 radical (unpaired) electrons. The molecule has 3 heterocycles. The molecule has 0 amide bonds. The first kappa shape index (κ1) is 19.4. The van der Waals surface area contributed by atoms with E-state index in [4.69, 9.17) is 9.05 Å². The fourth-order valence-corrected chi connectivity index (χ4v) is 3.51. The van der Waals surface area contributed by atoms with Gasteiger partial charge in [0, 0.05) is 46.5 Å². The Morgan fingerprint density at radius 2 is 2.00 bits per heavy atom. The van der Waals surface area contributed by atoms with Crippen LogP contribution in [0.5, 0.6) is 0 Å². The lowest BCUT2D eigenvalue weighted by Gasteiger charge is -2.14. The topological polar surface area (TPSA) is 60.9 Å². The van der Waals surface area contributed by atoms with Crippen LogP contribution < -0.4 is 4.74 Å². The molecule has 0 N–H and O–H groups in total. The standard InChI is InChI=1S/C21H31N4O2/c1-14(2)19-12-17(26-23-19)9-8-15(3)18-13-25(27-16(18)4)21(5,6)20-10-11-22-24(20)7/h10-15H,8-9H2,1-7H3/q+1. The van der Waals surface area contributed by atoms with Gasteiger partial charge in [-0.2, -0.15) is 5.10 Å². The van der Waals surface area contributed by atoms with Gasteiger partial charge < -0.3 is 4.52 Å². The molecule has 0 bridgehead atoms. The molecule has 0 saturated carbocycles. The van der Waals surface area contributed by atoms with Gasteiger partial charge in [-0.3, -0.25) is 4.68 Å². The van der Waals surface area contributed by atoms with E-state index in [1.54, 1.807) is 0 Å². The van der Waals surface area contributed by atoms with E-state index >= 15 is 0 Å². The van der Waals surface area contributed by atoms with E-state index in [1.165, 1.54) is 5.56 Å². The molecule has 0 spiro atoms. The van der Waals surface area contributed by atoms with E-state index < -0.39 is 0 Å².